The minimum Gasteiger partial charge on any atom is -0.480 e. The van der Waals surface area contributed by atoms with Gasteiger partial charge in [0.15, 0.2) is 6.04 Å². The number of carboxylic acids is 2. The first kappa shape index (κ1) is 22.7. The third-order valence-electron chi connectivity index (χ3n) is 4.39. The normalized spacial score (nSPS) is 13.9. The number of anilines is 1. The Hall–Kier alpha value is -2.55. The Labute approximate surface area is 178 Å². The van der Waals surface area contributed by atoms with Crippen molar-refractivity contribution in [1.82, 2.24) is 0 Å². The van der Waals surface area contributed by atoms with Crippen molar-refractivity contribution in [2.24, 2.45) is 11.7 Å². The predicted octanol–water partition coefficient (Wildman–Crippen LogP) is 2.33. The molecule has 9 heteroatoms. The number of carbonyl (C=O) groups excluding carboxylic acids is 1. The fraction of sp³-hybridized carbons (Fsp3) is 0.250. The van der Waals surface area contributed by atoms with Crippen molar-refractivity contribution in [1.29, 1.82) is 0 Å². The Morgan fingerprint density at radius 3 is 2.07 bits per heavy atom. The number of aliphatic carboxylic acids is 2. The maximum Gasteiger partial charge on any atom is 0.329 e. The molecule has 29 heavy (non-hydrogen) atoms. The molecule has 1 amide bonds. The van der Waals surface area contributed by atoms with E-state index < -0.39 is 35.8 Å². The summed E-state index contributed by atoms with van der Waals surface area (Å²) in [6.45, 7) is 0. The molecule has 0 aliphatic rings. The van der Waals surface area contributed by atoms with E-state index >= 15 is 0 Å². The Morgan fingerprint density at radius 1 is 1.00 bits per heavy atom. The fourth-order valence-corrected chi connectivity index (χ4v) is 3.32. The van der Waals surface area contributed by atoms with Crippen LogP contribution >= 0.6 is 24.2 Å². The summed E-state index contributed by atoms with van der Waals surface area (Å²) in [7, 11) is 0. The molecule has 0 aromatic heterocycles. The second kappa shape index (κ2) is 10.3. The first-order chi connectivity index (χ1) is 13.8. The Kier molecular flexibility index (Phi) is 8.07. The van der Waals surface area contributed by atoms with E-state index in [1.807, 2.05) is 30.3 Å². The summed E-state index contributed by atoms with van der Waals surface area (Å²) in [5.41, 5.74) is 6.69. The van der Waals surface area contributed by atoms with Crippen molar-refractivity contribution in [3.8, 4) is 0 Å². The van der Waals surface area contributed by atoms with Gasteiger partial charge in [0.2, 0.25) is 5.91 Å². The molecule has 2 aromatic rings. The molecule has 0 bridgehead atoms. The van der Waals surface area contributed by atoms with Gasteiger partial charge in [-0.05, 0) is 36.2 Å². The number of rotatable bonds is 9. The van der Waals surface area contributed by atoms with Crippen molar-refractivity contribution < 1.29 is 24.6 Å². The van der Waals surface area contributed by atoms with Crippen LogP contribution in [0.25, 0.3) is 0 Å². The zero-order valence-corrected chi connectivity index (χ0v) is 17.0. The van der Waals surface area contributed by atoms with E-state index in [0.29, 0.717) is 11.4 Å². The number of amides is 1. The van der Waals surface area contributed by atoms with Crippen molar-refractivity contribution in [3.05, 3.63) is 65.2 Å². The van der Waals surface area contributed by atoms with Crippen LogP contribution in [0.1, 0.15) is 5.56 Å². The molecule has 0 fully saturated rings. The first-order valence-corrected chi connectivity index (χ1v) is 9.72. The summed E-state index contributed by atoms with van der Waals surface area (Å²) in [6.07, 6.45) is 0.307. The molecular weight excluding hydrogens is 416 g/mol. The number of hydrogen-bond donors (Lipinski definition) is 4. The molecule has 3 atom stereocenters. The lowest BCUT2D eigenvalue weighted by Crippen LogP contribution is -2.59. The number of halogens is 1. The zero-order valence-electron chi connectivity index (χ0n) is 15.3. The lowest BCUT2D eigenvalue weighted by Gasteiger charge is -2.33. The standard InChI is InChI=1S/C20H21ClN2O5S/c21-14-6-8-15(9-7-14)23(17(20(27)28)16(22)19(25)26)18(24)13(11-29)10-12-4-2-1-3-5-12/h1-9,13,16-17,29H,10-11,22H2,(H,25,26)(H,27,28)/t13?,16-,17?/m0/s1. The lowest BCUT2D eigenvalue weighted by atomic mass is 9.97. The Bertz CT molecular complexity index is 863. The summed E-state index contributed by atoms with van der Waals surface area (Å²) >= 11 is 10.2. The van der Waals surface area contributed by atoms with Crippen LogP contribution in [-0.2, 0) is 20.8 Å². The summed E-state index contributed by atoms with van der Waals surface area (Å²) in [4.78, 5) is 37.6. The molecule has 4 N–H and O–H groups in total. The van der Waals surface area contributed by atoms with Gasteiger partial charge >= 0.3 is 11.9 Å². The topological polar surface area (TPSA) is 121 Å². The third-order valence-corrected chi connectivity index (χ3v) is 5.09. The summed E-state index contributed by atoms with van der Waals surface area (Å²) in [6, 6.07) is 11.4. The molecule has 0 spiro atoms. The molecule has 0 aliphatic heterocycles. The molecular formula is C20H21ClN2O5S. The van der Waals surface area contributed by atoms with E-state index in [9.17, 15) is 24.6 Å². The van der Waals surface area contributed by atoms with Gasteiger partial charge in [-0.1, -0.05) is 41.9 Å². The second-order valence-corrected chi connectivity index (χ2v) is 7.20. The lowest BCUT2D eigenvalue weighted by molar-refractivity contribution is -0.147. The van der Waals surface area contributed by atoms with Gasteiger partial charge in [-0.15, -0.1) is 0 Å². The monoisotopic (exact) mass is 436 g/mol. The number of nitrogens with two attached hydrogens (primary N) is 1. The molecule has 0 aliphatic carbocycles. The number of benzene rings is 2. The smallest absolute Gasteiger partial charge is 0.329 e. The molecule has 2 unspecified atom stereocenters. The van der Waals surface area contributed by atoms with Crippen molar-refractivity contribution in [2.45, 2.75) is 18.5 Å². The van der Waals surface area contributed by atoms with Gasteiger partial charge in [0.25, 0.3) is 0 Å². The highest BCUT2D eigenvalue weighted by Gasteiger charge is 2.41. The van der Waals surface area contributed by atoms with Gasteiger partial charge < -0.3 is 15.9 Å². The molecule has 0 radical (unpaired) electrons. The van der Waals surface area contributed by atoms with Crippen LogP contribution in [0.3, 0.4) is 0 Å². The van der Waals surface area contributed by atoms with Crippen molar-refractivity contribution in [3.63, 3.8) is 0 Å². The molecule has 2 rings (SSSR count). The first-order valence-electron chi connectivity index (χ1n) is 8.71. The van der Waals surface area contributed by atoms with E-state index in [0.717, 1.165) is 10.5 Å². The molecule has 154 valence electrons. The summed E-state index contributed by atoms with van der Waals surface area (Å²) in [5.74, 6) is -4.21. The molecule has 2 aromatic carbocycles. The Balaban J connectivity index is 2.49. The largest absolute Gasteiger partial charge is 0.480 e. The highest BCUT2D eigenvalue weighted by molar-refractivity contribution is 7.80. The van der Waals surface area contributed by atoms with Crippen LogP contribution in [0.5, 0.6) is 0 Å². The van der Waals surface area contributed by atoms with Crippen LogP contribution in [-0.4, -0.2) is 45.9 Å². The van der Waals surface area contributed by atoms with Crippen molar-refractivity contribution >= 4 is 47.8 Å². The van der Waals surface area contributed by atoms with Gasteiger partial charge in [0.05, 0.1) is 5.92 Å². The summed E-state index contributed by atoms with van der Waals surface area (Å²) < 4.78 is 0. The van der Waals surface area contributed by atoms with E-state index in [-0.39, 0.29) is 11.4 Å². The number of carbonyl (C=O) groups is 3. The van der Waals surface area contributed by atoms with Crippen LogP contribution in [0.15, 0.2) is 54.6 Å². The number of carboxylic acid groups (broad SMARTS) is 2. The maximum atomic E-state index is 13.4. The minimum atomic E-state index is -1.83. The van der Waals surface area contributed by atoms with Crippen LogP contribution in [0, 0.1) is 5.92 Å². The van der Waals surface area contributed by atoms with E-state index in [1.165, 1.54) is 24.3 Å². The van der Waals surface area contributed by atoms with E-state index in [1.54, 1.807) is 0 Å². The van der Waals surface area contributed by atoms with Gasteiger partial charge in [-0.2, -0.15) is 12.6 Å². The maximum absolute atomic E-state index is 13.4. The van der Waals surface area contributed by atoms with Gasteiger partial charge in [0, 0.05) is 16.5 Å². The van der Waals surface area contributed by atoms with Crippen molar-refractivity contribution in [2.75, 3.05) is 10.7 Å². The average Bonchev–Trinajstić information content (AvgIpc) is 2.70. The molecule has 7 nitrogen and oxygen atoms in total. The van der Waals surface area contributed by atoms with Crippen LogP contribution in [0.4, 0.5) is 5.69 Å². The SMILES string of the molecule is N[C@H](C(=O)O)C(C(=O)O)N(C(=O)C(CS)Cc1ccccc1)c1ccc(Cl)cc1. The fourth-order valence-electron chi connectivity index (χ4n) is 2.91. The van der Waals surface area contributed by atoms with Gasteiger partial charge in [0.1, 0.15) is 6.04 Å². The summed E-state index contributed by atoms with van der Waals surface area (Å²) in [5, 5.41) is 19.4. The molecule has 0 saturated heterocycles. The Morgan fingerprint density at radius 2 is 1.59 bits per heavy atom. The average molecular weight is 437 g/mol. The highest BCUT2D eigenvalue weighted by atomic mass is 35.5. The van der Waals surface area contributed by atoms with E-state index in [2.05, 4.69) is 12.6 Å². The number of thiol groups is 1. The van der Waals surface area contributed by atoms with Gasteiger partial charge in [-0.25, -0.2) is 4.79 Å². The van der Waals surface area contributed by atoms with Crippen LogP contribution < -0.4 is 10.6 Å². The number of hydrogen-bond acceptors (Lipinski definition) is 5. The highest BCUT2D eigenvalue weighted by Crippen LogP contribution is 2.25. The molecule has 0 heterocycles. The van der Waals surface area contributed by atoms with Gasteiger partial charge in [-0.3, -0.25) is 14.5 Å². The molecule has 0 saturated carbocycles. The third kappa shape index (κ3) is 5.72. The number of nitrogens with zero attached hydrogens (tertiary/aromatic N) is 1. The minimum absolute atomic E-state index is 0.131. The second-order valence-electron chi connectivity index (χ2n) is 6.40. The van der Waals surface area contributed by atoms with Crippen LogP contribution in [0.2, 0.25) is 5.02 Å². The quantitative estimate of drug-likeness (QED) is 0.448. The predicted molar refractivity (Wildman–Crippen MR) is 113 cm³/mol. The van der Waals surface area contributed by atoms with E-state index in [4.69, 9.17) is 17.3 Å². The zero-order chi connectivity index (χ0) is 21.6.